The minimum Gasteiger partial charge on any atom is -0.271 e. The molecule has 3 heteroatoms. The molecule has 0 amide bonds. The molecule has 1 heterocycles. The molecular formula is C14H24N2S. The predicted molar refractivity (Wildman–Crippen MR) is 74.8 cm³/mol. The number of nitrogens with two attached hydrogens (primary N) is 1. The zero-order chi connectivity index (χ0) is 12.3. The van der Waals surface area contributed by atoms with E-state index in [0.717, 1.165) is 24.2 Å². The van der Waals surface area contributed by atoms with Crippen LogP contribution in [0.5, 0.6) is 0 Å². The van der Waals surface area contributed by atoms with E-state index in [1.165, 1.54) is 24.1 Å². The first-order valence-electron chi connectivity index (χ1n) is 6.69. The molecule has 1 fully saturated rings. The fraction of sp³-hybridized carbons (Fsp3) is 0.714. The molecular weight excluding hydrogens is 228 g/mol. The maximum Gasteiger partial charge on any atom is 0.0287 e. The number of hydrogen-bond donors (Lipinski definition) is 2. The standard InChI is InChI=1S/C14H24N2S/c1-10-5-6-12(8-11(10)2)14(16-15)9-13-4-3-7-17-13/h3-4,7,10-12,14,16H,5-6,8-9,15H2,1-2H3. The van der Waals surface area contributed by atoms with Gasteiger partial charge >= 0.3 is 0 Å². The molecule has 4 atom stereocenters. The van der Waals surface area contributed by atoms with Crippen molar-refractivity contribution in [2.24, 2.45) is 23.6 Å². The van der Waals surface area contributed by atoms with Crippen molar-refractivity contribution in [3.8, 4) is 0 Å². The molecule has 1 aliphatic rings. The van der Waals surface area contributed by atoms with Crippen LogP contribution in [-0.4, -0.2) is 6.04 Å². The summed E-state index contributed by atoms with van der Waals surface area (Å²) in [6.45, 7) is 4.76. The lowest BCUT2D eigenvalue weighted by Gasteiger charge is -2.36. The lowest BCUT2D eigenvalue weighted by Crippen LogP contribution is -2.44. The molecule has 2 nitrogen and oxygen atoms in total. The van der Waals surface area contributed by atoms with Crippen molar-refractivity contribution in [1.82, 2.24) is 5.43 Å². The zero-order valence-corrected chi connectivity index (χ0v) is 11.7. The molecule has 1 aromatic heterocycles. The lowest BCUT2D eigenvalue weighted by atomic mass is 9.73. The Bertz CT molecular complexity index is 323. The van der Waals surface area contributed by atoms with E-state index in [4.69, 9.17) is 5.84 Å². The van der Waals surface area contributed by atoms with Gasteiger partial charge < -0.3 is 0 Å². The normalized spacial score (nSPS) is 31.4. The maximum atomic E-state index is 5.75. The number of thiophene rings is 1. The SMILES string of the molecule is CC1CCC(C(Cc2cccs2)NN)CC1C. The third kappa shape index (κ3) is 3.30. The Labute approximate surface area is 109 Å². The average Bonchev–Trinajstić information content (AvgIpc) is 2.82. The van der Waals surface area contributed by atoms with Gasteiger partial charge in [-0.1, -0.05) is 26.3 Å². The molecule has 1 aromatic rings. The number of hydrogen-bond acceptors (Lipinski definition) is 3. The number of hydrazine groups is 1. The summed E-state index contributed by atoms with van der Waals surface area (Å²) in [5.41, 5.74) is 3.05. The van der Waals surface area contributed by atoms with Crippen molar-refractivity contribution >= 4 is 11.3 Å². The van der Waals surface area contributed by atoms with Gasteiger partial charge in [-0.15, -0.1) is 11.3 Å². The molecule has 1 saturated carbocycles. The molecule has 1 aliphatic carbocycles. The number of nitrogens with one attached hydrogen (secondary N) is 1. The quantitative estimate of drug-likeness (QED) is 0.638. The largest absolute Gasteiger partial charge is 0.271 e. The first-order valence-corrected chi connectivity index (χ1v) is 7.57. The van der Waals surface area contributed by atoms with Gasteiger partial charge in [-0.05, 0) is 48.5 Å². The van der Waals surface area contributed by atoms with Crippen LogP contribution in [0.15, 0.2) is 17.5 Å². The van der Waals surface area contributed by atoms with Gasteiger partial charge in [-0.25, -0.2) is 0 Å². The van der Waals surface area contributed by atoms with E-state index in [0.29, 0.717) is 6.04 Å². The van der Waals surface area contributed by atoms with Crippen molar-refractivity contribution < 1.29 is 0 Å². The van der Waals surface area contributed by atoms with Gasteiger partial charge in [-0.2, -0.15) is 0 Å². The summed E-state index contributed by atoms with van der Waals surface area (Å²) in [7, 11) is 0. The second-order valence-corrected chi connectivity index (χ2v) is 6.62. The van der Waals surface area contributed by atoms with E-state index in [2.05, 4.69) is 36.8 Å². The average molecular weight is 252 g/mol. The van der Waals surface area contributed by atoms with Crippen molar-refractivity contribution in [2.45, 2.75) is 45.6 Å². The lowest BCUT2D eigenvalue weighted by molar-refractivity contribution is 0.170. The zero-order valence-electron chi connectivity index (χ0n) is 10.9. The summed E-state index contributed by atoms with van der Waals surface area (Å²) in [6, 6.07) is 4.78. The molecule has 0 spiro atoms. The molecule has 0 saturated heterocycles. The van der Waals surface area contributed by atoms with E-state index in [-0.39, 0.29) is 0 Å². The summed E-state index contributed by atoms with van der Waals surface area (Å²) < 4.78 is 0. The van der Waals surface area contributed by atoms with Gasteiger partial charge in [0.1, 0.15) is 0 Å². The highest BCUT2D eigenvalue weighted by molar-refractivity contribution is 7.09. The fourth-order valence-corrected chi connectivity index (χ4v) is 3.73. The summed E-state index contributed by atoms with van der Waals surface area (Å²) in [5, 5.41) is 2.15. The van der Waals surface area contributed by atoms with Crippen LogP contribution < -0.4 is 11.3 Å². The van der Waals surface area contributed by atoms with E-state index in [1.807, 2.05) is 11.3 Å². The van der Waals surface area contributed by atoms with Gasteiger partial charge in [0.2, 0.25) is 0 Å². The molecule has 0 radical (unpaired) electrons. The van der Waals surface area contributed by atoms with Gasteiger partial charge in [0.05, 0.1) is 0 Å². The van der Waals surface area contributed by atoms with Gasteiger partial charge in [-0.3, -0.25) is 11.3 Å². The summed E-state index contributed by atoms with van der Waals surface area (Å²) in [4.78, 5) is 1.44. The Morgan fingerprint density at radius 2 is 2.24 bits per heavy atom. The van der Waals surface area contributed by atoms with Crippen LogP contribution in [0.3, 0.4) is 0 Å². The highest BCUT2D eigenvalue weighted by atomic mass is 32.1. The maximum absolute atomic E-state index is 5.75. The van der Waals surface area contributed by atoms with Crippen molar-refractivity contribution in [2.75, 3.05) is 0 Å². The minimum absolute atomic E-state index is 0.448. The highest BCUT2D eigenvalue weighted by Crippen LogP contribution is 2.35. The Hall–Kier alpha value is -0.380. The summed E-state index contributed by atoms with van der Waals surface area (Å²) in [5.74, 6) is 8.22. The van der Waals surface area contributed by atoms with Crippen LogP contribution in [0.2, 0.25) is 0 Å². The molecule has 0 bridgehead atoms. The predicted octanol–water partition coefficient (Wildman–Crippen LogP) is 3.19. The highest BCUT2D eigenvalue weighted by Gasteiger charge is 2.29. The van der Waals surface area contributed by atoms with Crippen LogP contribution in [0, 0.1) is 17.8 Å². The summed E-state index contributed by atoms with van der Waals surface area (Å²) >= 11 is 1.84. The van der Waals surface area contributed by atoms with E-state index >= 15 is 0 Å². The van der Waals surface area contributed by atoms with Gasteiger partial charge in [0.25, 0.3) is 0 Å². The Morgan fingerprint density at radius 3 is 2.82 bits per heavy atom. The van der Waals surface area contributed by atoms with E-state index in [1.54, 1.807) is 0 Å². The molecule has 3 N–H and O–H groups in total. The molecule has 17 heavy (non-hydrogen) atoms. The molecule has 96 valence electrons. The fourth-order valence-electron chi connectivity index (χ4n) is 2.96. The van der Waals surface area contributed by atoms with Crippen LogP contribution in [0.25, 0.3) is 0 Å². The molecule has 0 aliphatic heterocycles. The second-order valence-electron chi connectivity index (χ2n) is 5.58. The first kappa shape index (κ1) is 13.1. The minimum atomic E-state index is 0.448. The molecule has 0 aromatic carbocycles. The first-order chi connectivity index (χ1) is 8.20. The Kier molecular flexibility index (Phi) is 4.60. The van der Waals surface area contributed by atoms with Crippen LogP contribution in [0.4, 0.5) is 0 Å². The van der Waals surface area contributed by atoms with Crippen molar-refractivity contribution in [3.05, 3.63) is 22.4 Å². The topological polar surface area (TPSA) is 38.0 Å². The summed E-state index contributed by atoms with van der Waals surface area (Å²) in [6.07, 6.45) is 5.08. The third-order valence-electron chi connectivity index (χ3n) is 4.42. The number of rotatable bonds is 4. The second kappa shape index (κ2) is 5.98. The van der Waals surface area contributed by atoms with Crippen molar-refractivity contribution in [1.29, 1.82) is 0 Å². The molecule has 2 rings (SSSR count). The Balaban J connectivity index is 1.94. The van der Waals surface area contributed by atoms with Crippen LogP contribution in [0.1, 0.15) is 38.0 Å². The Morgan fingerprint density at radius 1 is 1.41 bits per heavy atom. The third-order valence-corrected chi connectivity index (χ3v) is 5.32. The van der Waals surface area contributed by atoms with Crippen molar-refractivity contribution in [3.63, 3.8) is 0 Å². The van der Waals surface area contributed by atoms with Gasteiger partial charge in [0.15, 0.2) is 0 Å². The van der Waals surface area contributed by atoms with Gasteiger partial charge in [0, 0.05) is 10.9 Å². The smallest absolute Gasteiger partial charge is 0.0287 e. The van der Waals surface area contributed by atoms with Crippen LogP contribution in [-0.2, 0) is 6.42 Å². The molecule has 4 unspecified atom stereocenters. The van der Waals surface area contributed by atoms with E-state index < -0.39 is 0 Å². The van der Waals surface area contributed by atoms with E-state index in [9.17, 15) is 0 Å². The van der Waals surface area contributed by atoms with Crippen LogP contribution >= 0.6 is 11.3 Å². The monoisotopic (exact) mass is 252 g/mol.